The summed E-state index contributed by atoms with van der Waals surface area (Å²) in [5.41, 5.74) is 0. The van der Waals surface area contributed by atoms with Crippen molar-refractivity contribution in [3.8, 4) is 0 Å². The van der Waals surface area contributed by atoms with Crippen molar-refractivity contribution < 1.29 is 9.59 Å². The highest BCUT2D eigenvalue weighted by Gasteiger charge is 2.10. The van der Waals surface area contributed by atoms with Crippen molar-refractivity contribution in [1.82, 2.24) is 0 Å². The van der Waals surface area contributed by atoms with Crippen LogP contribution in [0.4, 0.5) is 0 Å². The molecule has 0 bridgehead atoms. The summed E-state index contributed by atoms with van der Waals surface area (Å²) in [6.45, 7) is 0. The molecule has 0 aromatic rings. The van der Waals surface area contributed by atoms with Gasteiger partial charge in [-0.2, -0.15) is 0 Å². The van der Waals surface area contributed by atoms with E-state index in [0.29, 0.717) is 4.48 Å². The van der Waals surface area contributed by atoms with E-state index in [2.05, 4.69) is 15.9 Å². The van der Waals surface area contributed by atoms with E-state index in [1.807, 2.05) is 0 Å². The predicted molar refractivity (Wildman–Crippen MR) is 36.2 cm³/mol. The first-order valence-corrected chi connectivity index (χ1v) is 3.13. The van der Waals surface area contributed by atoms with Crippen molar-refractivity contribution in [3.05, 3.63) is 22.7 Å². The third kappa shape index (κ3) is 1.36. The zero-order valence-electron chi connectivity index (χ0n) is 4.43. The van der Waals surface area contributed by atoms with Gasteiger partial charge < -0.3 is 0 Å². The summed E-state index contributed by atoms with van der Waals surface area (Å²) in [4.78, 5) is 20.9. The van der Waals surface area contributed by atoms with Crippen molar-refractivity contribution >= 4 is 27.5 Å². The SMILES string of the molecule is O=C1C=CC(Br)=CC1=O. The summed E-state index contributed by atoms with van der Waals surface area (Å²) >= 11 is 3.06. The summed E-state index contributed by atoms with van der Waals surface area (Å²) < 4.78 is 0.645. The largest absolute Gasteiger partial charge is 0.286 e. The van der Waals surface area contributed by atoms with Gasteiger partial charge in [0.15, 0.2) is 0 Å². The highest BCUT2D eigenvalue weighted by Crippen LogP contribution is 2.10. The van der Waals surface area contributed by atoms with Crippen LogP contribution in [0.2, 0.25) is 0 Å². The first kappa shape index (κ1) is 6.42. The molecule has 1 aliphatic carbocycles. The van der Waals surface area contributed by atoms with Gasteiger partial charge in [-0.1, -0.05) is 15.9 Å². The lowest BCUT2D eigenvalue weighted by molar-refractivity contribution is -0.131. The summed E-state index contributed by atoms with van der Waals surface area (Å²) in [5.74, 6) is -0.928. The Kier molecular flexibility index (Phi) is 1.62. The van der Waals surface area contributed by atoms with Crippen LogP contribution in [0.1, 0.15) is 0 Å². The average molecular weight is 187 g/mol. The minimum Gasteiger partial charge on any atom is -0.286 e. The molecule has 0 radical (unpaired) electrons. The maximum Gasteiger partial charge on any atom is 0.226 e. The van der Waals surface area contributed by atoms with Crippen LogP contribution in [0.5, 0.6) is 0 Å². The molecule has 0 heterocycles. The van der Waals surface area contributed by atoms with Crippen molar-refractivity contribution in [2.45, 2.75) is 0 Å². The first-order chi connectivity index (χ1) is 4.20. The molecule has 1 rings (SSSR count). The van der Waals surface area contributed by atoms with E-state index in [4.69, 9.17) is 0 Å². The van der Waals surface area contributed by atoms with Crippen LogP contribution in [0.25, 0.3) is 0 Å². The Morgan fingerprint density at radius 1 is 1.11 bits per heavy atom. The molecular weight excluding hydrogens is 184 g/mol. The van der Waals surface area contributed by atoms with Crippen molar-refractivity contribution in [1.29, 1.82) is 0 Å². The van der Waals surface area contributed by atoms with Gasteiger partial charge in [-0.3, -0.25) is 9.59 Å². The normalized spacial score (nSPS) is 18.1. The van der Waals surface area contributed by atoms with Crippen LogP contribution in [-0.2, 0) is 9.59 Å². The van der Waals surface area contributed by atoms with Crippen LogP contribution in [0, 0.1) is 0 Å². The topological polar surface area (TPSA) is 34.1 Å². The maximum absolute atomic E-state index is 10.5. The Labute approximate surface area is 60.4 Å². The fourth-order valence-electron chi connectivity index (χ4n) is 0.482. The van der Waals surface area contributed by atoms with Gasteiger partial charge in [0.2, 0.25) is 11.6 Å². The predicted octanol–water partition coefficient (Wildman–Crippen LogP) is 0.973. The fraction of sp³-hybridized carbons (Fsp3) is 0. The van der Waals surface area contributed by atoms with E-state index in [9.17, 15) is 9.59 Å². The van der Waals surface area contributed by atoms with Gasteiger partial charge in [-0.25, -0.2) is 0 Å². The fourth-order valence-corrected chi connectivity index (χ4v) is 0.822. The first-order valence-electron chi connectivity index (χ1n) is 2.34. The summed E-state index contributed by atoms with van der Waals surface area (Å²) in [5, 5.41) is 0. The number of allylic oxidation sites excluding steroid dienone is 4. The summed E-state index contributed by atoms with van der Waals surface area (Å²) in [6.07, 6.45) is 4.04. The van der Waals surface area contributed by atoms with E-state index in [-0.39, 0.29) is 0 Å². The van der Waals surface area contributed by atoms with Crippen LogP contribution < -0.4 is 0 Å². The molecule has 0 spiro atoms. The van der Waals surface area contributed by atoms with Gasteiger partial charge in [0.05, 0.1) is 0 Å². The van der Waals surface area contributed by atoms with E-state index in [1.165, 1.54) is 12.2 Å². The number of hydrogen-bond donors (Lipinski definition) is 0. The minimum absolute atomic E-state index is 0.460. The van der Waals surface area contributed by atoms with Gasteiger partial charge in [0.25, 0.3) is 0 Å². The highest BCUT2D eigenvalue weighted by molar-refractivity contribution is 9.11. The number of halogens is 1. The maximum atomic E-state index is 10.5. The number of rotatable bonds is 0. The second-order valence-corrected chi connectivity index (χ2v) is 2.51. The molecule has 9 heavy (non-hydrogen) atoms. The second-order valence-electron chi connectivity index (χ2n) is 1.59. The molecule has 2 nitrogen and oxygen atoms in total. The molecule has 0 aromatic heterocycles. The van der Waals surface area contributed by atoms with Crippen molar-refractivity contribution in [2.75, 3.05) is 0 Å². The third-order valence-electron chi connectivity index (χ3n) is 0.906. The van der Waals surface area contributed by atoms with Crippen LogP contribution in [0.3, 0.4) is 0 Å². The lowest BCUT2D eigenvalue weighted by Crippen LogP contribution is -2.09. The molecule has 0 saturated carbocycles. The molecule has 0 fully saturated rings. The molecule has 0 atom stereocenters. The number of carbonyl (C=O) groups is 2. The molecule has 3 heteroatoms. The molecule has 0 amide bonds. The summed E-state index contributed by atoms with van der Waals surface area (Å²) in [6, 6.07) is 0. The van der Waals surface area contributed by atoms with Crippen LogP contribution in [-0.4, -0.2) is 11.6 Å². The van der Waals surface area contributed by atoms with Crippen molar-refractivity contribution in [2.24, 2.45) is 0 Å². The minimum atomic E-state index is -0.468. The van der Waals surface area contributed by atoms with E-state index >= 15 is 0 Å². The number of carbonyl (C=O) groups excluding carboxylic acids is 2. The lowest BCUT2D eigenvalue weighted by atomic mass is 10.1. The zero-order valence-corrected chi connectivity index (χ0v) is 6.01. The molecular formula is C6H3BrO2. The molecule has 1 aliphatic rings. The van der Waals surface area contributed by atoms with Crippen LogP contribution in [0.15, 0.2) is 22.7 Å². The van der Waals surface area contributed by atoms with E-state index < -0.39 is 11.6 Å². The number of hydrogen-bond acceptors (Lipinski definition) is 2. The zero-order chi connectivity index (χ0) is 6.85. The van der Waals surface area contributed by atoms with Crippen molar-refractivity contribution in [3.63, 3.8) is 0 Å². The second kappa shape index (κ2) is 2.27. The Bertz CT molecular complexity index is 225. The smallest absolute Gasteiger partial charge is 0.226 e. The summed E-state index contributed by atoms with van der Waals surface area (Å²) in [7, 11) is 0. The Morgan fingerprint density at radius 3 is 2.22 bits per heavy atom. The van der Waals surface area contributed by atoms with E-state index in [1.54, 1.807) is 6.08 Å². The Balaban J connectivity index is 2.95. The molecule has 0 aromatic carbocycles. The lowest BCUT2D eigenvalue weighted by Gasteiger charge is -1.94. The van der Waals surface area contributed by atoms with E-state index in [0.717, 1.165) is 0 Å². The van der Waals surface area contributed by atoms with Gasteiger partial charge in [0.1, 0.15) is 0 Å². The number of ketones is 2. The van der Waals surface area contributed by atoms with Gasteiger partial charge >= 0.3 is 0 Å². The highest BCUT2D eigenvalue weighted by atomic mass is 79.9. The average Bonchev–Trinajstić information content (AvgIpc) is 1.80. The molecule has 0 unspecified atom stereocenters. The Morgan fingerprint density at radius 2 is 1.78 bits per heavy atom. The Hall–Kier alpha value is -0.700. The molecule has 0 N–H and O–H groups in total. The monoisotopic (exact) mass is 186 g/mol. The van der Waals surface area contributed by atoms with Crippen LogP contribution >= 0.6 is 15.9 Å². The standard InChI is InChI=1S/C6H3BrO2/c7-4-1-2-5(8)6(9)3-4/h1-3H. The third-order valence-corrected chi connectivity index (χ3v) is 1.40. The molecule has 0 aliphatic heterocycles. The quantitative estimate of drug-likeness (QED) is 0.418. The molecule has 0 saturated heterocycles. The molecule has 46 valence electrons. The van der Waals surface area contributed by atoms with Gasteiger partial charge in [0, 0.05) is 10.6 Å². The van der Waals surface area contributed by atoms with Gasteiger partial charge in [-0.15, -0.1) is 0 Å². The van der Waals surface area contributed by atoms with Gasteiger partial charge in [-0.05, 0) is 12.2 Å².